The van der Waals surface area contributed by atoms with Crippen LogP contribution in [0.3, 0.4) is 0 Å². The van der Waals surface area contributed by atoms with Crippen LogP contribution in [0.5, 0.6) is 0 Å². The molecular weight excluding hydrogens is 479 g/mol. The van der Waals surface area contributed by atoms with Gasteiger partial charge in [-0.25, -0.2) is 0 Å². The molecule has 1 saturated heterocycles. The van der Waals surface area contributed by atoms with Crippen LogP contribution in [0.2, 0.25) is 0 Å². The molecule has 3 rings (SSSR count). The smallest absolute Gasteiger partial charge is 0.191 e. The van der Waals surface area contributed by atoms with E-state index in [1.54, 1.807) is 0 Å². The Morgan fingerprint density at radius 1 is 1.38 bits per heavy atom. The largest absolute Gasteiger partial charge is 0.356 e. The Labute approximate surface area is 171 Å². The minimum Gasteiger partial charge on any atom is -0.356 e. The molecule has 1 saturated carbocycles. The lowest BCUT2D eigenvalue weighted by Gasteiger charge is -2.20. The maximum atomic E-state index is 4.38. The van der Waals surface area contributed by atoms with E-state index >= 15 is 0 Å². The van der Waals surface area contributed by atoms with Crippen molar-refractivity contribution in [3.8, 4) is 0 Å². The highest BCUT2D eigenvalue weighted by Crippen LogP contribution is 2.48. The van der Waals surface area contributed by atoms with Crippen molar-refractivity contribution in [3.63, 3.8) is 0 Å². The third kappa shape index (κ3) is 5.08. The molecule has 0 bridgehead atoms. The van der Waals surface area contributed by atoms with Crippen LogP contribution in [-0.4, -0.2) is 51.1 Å². The quantitative estimate of drug-likeness (QED) is 0.366. The highest BCUT2D eigenvalue weighted by Gasteiger charge is 2.44. The summed E-state index contributed by atoms with van der Waals surface area (Å²) in [5.74, 6) is 1.67. The summed E-state index contributed by atoms with van der Waals surface area (Å²) in [5, 5.41) is 7.03. The lowest BCUT2D eigenvalue weighted by Crippen LogP contribution is -2.43. The summed E-state index contributed by atoms with van der Waals surface area (Å²) in [6.45, 7) is 4.36. The van der Waals surface area contributed by atoms with Gasteiger partial charge in [0.1, 0.15) is 0 Å². The first-order valence-corrected chi connectivity index (χ1v) is 9.30. The molecule has 1 aliphatic heterocycles. The number of rotatable bonds is 5. The van der Waals surface area contributed by atoms with Crippen molar-refractivity contribution in [2.24, 2.45) is 10.9 Å². The molecule has 1 aromatic carbocycles. The van der Waals surface area contributed by atoms with Crippen LogP contribution < -0.4 is 10.6 Å². The number of halogens is 2. The number of benzene rings is 1. The molecule has 1 unspecified atom stereocenters. The molecule has 0 spiro atoms. The van der Waals surface area contributed by atoms with Crippen molar-refractivity contribution in [2.75, 3.05) is 40.3 Å². The summed E-state index contributed by atoms with van der Waals surface area (Å²) in [4.78, 5) is 6.78. The number of nitrogens with one attached hydrogen (secondary N) is 2. The van der Waals surface area contributed by atoms with Crippen molar-refractivity contribution in [1.82, 2.24) is 15.5 Å². The maximum Gasteiger partial charge on any atom is 0.191 e. The van der Waals surface area contributed by atoms with E-state index in [1.807, 2.05) is 7.05 Å². The number of guanidine groups is 1. The van der Waals surface area contributed by atoms with Crippen molar-refractivity contribution in [2.45, 2.75) is 24.7 Å². The van der Waals surface area contributed by atoms with Crippen molar-refractivity contribution in [1.29, 1.82) is 0 Å². The van der Waals surface area contributed by atoms with E-state index in [-0.39, 0.29) is 29.4 Å². The molecule has 1 aliphatic carbocycles. The zero-order valence-corrected chi connectivity index (χ0v) is 18.4. The predicted octanol–water partition coefficient (Wildman–Crippen LogP) is 3.22. The standard InChI is InChI=1S/C18H27BrN4.HI/c1-20-17(21-11-14-6-9-23(2)12-14)22-13-18(7-8-18)15-4-3-5-16(19)10-15;/h3-5,10,14H,6-9,11-13H2,1-2H3,(H2,20,21,22);1H. The molecule has 6 heteroatoms. The van der Waals surface area contributed by atoms with Crippen LogP contribution >= 0.6 is 39.9 Å². The molecule has 1 aromatic rings. The monoisotopic (exact) mass is 506 g/mol. The second-order valence-corrected chi connectivity index (χ2v) is 7.93. The Balaban J connectivity index is 0.00000208. The molecule has 2 N–H and O–H groups in total. The Morgan fingerprint density at radius 3 is 2.75 bits per heavy atom. The normalized spacial score (nSPS) is 22.8. The summed E-state index contributed by atoms with van der Waals surface area (Å²) in [5.41, 5.74) is 1.71. The minimum absolute atomic E-state index is 0. The fourth-order valence-electron chi connectivity index (χ4n) is 3.44. The average Bonchev–Trinajstić information content (AvgIpc) is 3.23. The van der Waals surface area contributed by atoms with Crippen LogP contribution in [0.15, 0.2) is 33.7 Å². The second kappa shape index (κ2) is 8.85. The fraction of sp³-hybridized carbons (Fsp3) is 0.611. The van der Waals surface area contributed by atoms with E-state index < -0.39 is 0 Å². The first-order valence-electron chi connectivity index (χ1n) is 8.50. The Bertz CT molecular complexity index is 574. The predicted molar refractivity (Wildman–Crippen MR) is 115 cm³/mol. The van der Waals surface area contributed by atoms with Crippen LogP contribution in [0.1, 0.15) is 24.8 Å². The van der Waals surface area contributed by atoms with E-state index in [1.165, 1.54) is 37.9 Å². The Hall–Kier alpha value is -0.340. The number of aliphatic imine (C=N–C) groups is 1. The molecule has 2 aliphatic rings. The van der Waals surface area contributed by atoms with Crippen LogP contribution in [0.4, 0.5) is 0 Å². The van der Waals surface area contributed by atoms with Crippen LogP contribution in [0, 0.1) is 5.92 Å². The summed E-state index contributed by atoms with van der Waals surface area (Å²) >= 11 is 3.58. The van der Waals surface area contributed by atoms with E-state index in [9.17, 15) is 0 Å². The van der Waals surface area contributed by atoms with Gasteiger partial charge in [-0.3, -0.25) is 4.99 Å². The number of likely N-dealkylation sites (tertiary alicyclic amines) is 1. The lowest BCUT2D eigenvalue weighted by molar-refractivity contribution is 0.393. The number of nitrogens with zero attached hydrogens (tertiary/aromatic N) is 2. The molecule has 134 valence electrons. The first kappa shape index (κ1) is 20.0. The third-order valence-corrected chi connectivity index (χ3v) is 5.65. The van der Waals surface area contributed by atoms with E-state index in [0.717, 1.165) is 29.4 Å². The van der Waals surface area contributed by atoms with E-state index in [2.05, 4.69) is 67.8 Å². The molecule has 24 heavy (non-hydrogen) atoms. The van der Waals surface area contributed by atoms with Gasteiger partial charge in [0.15, 0.2) is 5.96 Å². The fourth-order valence-corrected chi connectivity index (χ4v) is 3.84. The molecule has 0 amide bonds. The van der Waals surface area contributed by atoms with Gasteiger partial charge in [0.05, 0.1) is 0 Å². The van der Waals surface area contributed by atoms with Crippen molar-refractivity contribution < 1.29 is 0 Å². The highest BCUT2D eigenvalue weighted by atomic mass is 127. The highest BCUT2D eigenvalue weighted by molar-refractivity contribution is 14.0. The first-order chi connectivity index (χ1) is 11.1. The Morgan fingerprint density at radius 2 is 2.17 bits per heavy atom. The molecule has 1 atom stereocenters. The topological polar surface area (TPSA) is 39.7 Å². The van der Waals surface area contributed by atoms with Gasteiger partial charge >= 0.3 is 0 Å². The van der Waals surface area contributed by atoms with Gasteiger partial charge in [0.2, 0.25) is 0 Å². The van der Waals surface area contributed by atoms with E-state index in [4.69, 9.17) is 0 Å². The summed E-state index contributed by atoms with van der Waals surface area (Å²) in [6.07, 6.45) is 3.78. The molecular formula is C18H28BrIN4. The van der Waals surface area contributed by atoms with Crippen molar-refractivity contribution in [3.05, 3.63) is 34.3 Å². The lowest BCUT2D eigenvalue weighted by atomic mass is 9.96. The van der Waals surface area contributed by atoms with E-state index in [0.29, 0.717) is 0 Å². The molecule has 0 aromatic heterocycles. The second-order valence-electron chi connectivity index (χ2n) is 7.01. The summed E-state index contributed by atoms with van der Waals surface area (Å²) in [6, 6.07) is 8.71. The van der Waals surface area contributed by atoms with Gasteiger partial charge in [0, 0.05) is 36.6 Å². The van der Waals surface area contributed by atoms with Crippen LogP contribution in [0.25, 0.3) is 0 Å². The maximum absolute atomic E-state index is 4.38. The molecule has 4 nitrogen and oxygen atoms in total. The number of hydrogen-bond acceptors (Lipinski definition) is 2. The van der Waals surface area contributed by atoms with Gasteiger partial charge < -0.3 is 15.5 Å². The summed E-state index contributed by atoms with van der Waals surface area (Å²) in [7, 11) is 4.05. The summed E-state index contributed by atoms with van der Waals surface area (Å²) < 4.78 is 1.16. The van der Waals surface area contributed by atoms with Crippen molar-refractivity contribution >= 4 is 45.9 Å². The van der Waals surface area contributed by atoms with Gasteiger partial charge in [-0.15, -0.1) is 24.0 Å². The molecule has 1 heterocycles. The minimum atomic E-state index is 0. The SMILES string of the molecule is CN=C(NCC1CCN(C)C1)NCC1(c2cccc(Br)c2)CC1.I. The molecule has 0 radical (unpaired) electrons. The molecule has 2 fully saturated rings. The van der Waals surface area contributed by atoms with Gasteiger partial charge in [0.25, 0.3) is 0 Å². The zero-order chi connectivity index (χ0) is 16.3. The number of hydrogen-bond donors (Lipinski definition) is 2. The zero-order valence-electron chi connectivity index (χ0n) is 14.5. The van der Waals surface area contributed by atoms with Crippen LogP contribution in [-0.2, 0) is 5.41 Å². The van der Waals surface area contributed by atoms with Gasteiger partial charge in [-0.05, 0) is 56.5 Å². The van der Waals surface area contributed by atoms with Gasteiger partial charge in [-0.1, -0.05) is 28.1 Å². The third-order valence-electron chi connectivity index (χ3n) is 5.16. The van der Waals surface area contributed by atoms with Gasteiger partial charge in [-0.2, -0.15) is 0 Å². The Kier molecular flexibility index (Phi) is 7.37. The average molecular weight is 507 g/mol.